The standard InChI is InChI=1S/C15H16N2OS/c1-11-10-19-14(16-11)8-15(18)17-7-6-12-4-2-3-5-13(12)9-17/h2-5,10H,6-9H2,1H3. The van der Waals surface area contributed by atoms with Crippen molar-refractivity contribution < 1.29 is 4.79 Å². The van der Waals surface area contributed by atoms with Gasteiger partial charge in [-0.1, -0.05) is 24.3 Å². The second kappa shape index (κ2) is 5.13. The van der Waals surface area contributed by atoms with E-state index >= 15 is 0 Å². The summed E-state index contributed by atoms with van der Waals surface area (Å²) < 4.78 is 0. The molecule has 1 amide bonds. The number of aromatic nitrogens is 1. The van der Waals surface area contributed by atoms with Crippen LogP contribution in [-0.2, 0) is 24.2 Å². The van der Waals surface area contributed by atoms with E-state index in [9.17, 15) is 4.79 Å². The Morgan fingerprint density at radius 1 is 1.37 bits per heavy atom. The van der Waals surface area contributed by atoms with Crippen molar-refractivity contribution >= 4 is 17.2 Å². The first-order chi connectivity index (χ1) is 9.22. The summed E-state index contributed by atoms with van der Waals surface area (Å²) in [4.78, 5) is 18.6. The molecule has 1 aromatic carbocycles. The molecule has 0 fully saturated rings. The molecule has 0 aliphatic carbocycles. The molecule has 4 heteroatoms. The Bertz CT molecular complexity index is 606. The second-order valence-corrected chi connectivity index (χ2v) is 5.84. The lowest BCUT2D eigenvalue weighted by molar-refractivity contribution is -0.131. The van der Waals surface area contributed by atoms with Crippen molar-refractivity contribution in [3.8, 4) is 0 Å². The molecule has 1 aromatic heterocycles. The second-order valence-electron chi connectivity index (χ2n) is 4.89. The van der Waals surface area contributed by atoms with Gasteiger partial charge < -0.3 is 4.90 Å². The summed E-state index contributed by atoms with van der Waals surface area (Å²) in [6.45, 7) is 3.52. The average Bonchev–Trinajstić information content (AvgIpc) is 2.83. The number of hydrogen-bond acceptors (Lipinski definition) is 3. The highest BCUT2D eigenvalue weighted by Gasteiger charge is 2.21. The number of nitrogens with zero attached hydrogens (tertiary/aromatic N) is 2. The van der Waals surface area contributed by atoms with Crippen molar-refractivity contribution in [3.05, 3.63) is 51.5 Å². The zero-order valence-electron chi connectivity index (χ0n) is 10.9. The van der Waals surface area contributed by atoms with Crippen LogP contribution in [0.2, 0.25) is 0 Å². The number of amides is 1. The van der Waals surface area contributed by atoms with Crippen molar-refractivity contribution in [1.29, 1.82) is 0 Å². The zero-order valence-corrected chi connectivity index (χ0v) is 11.7. The Hall–Kier alpha value is -1.68. The van der Waals surface area contributed by atoms with E-state index in [-0.39, 0.29) is 5.91 Å². The Kier molecular flexibility index (Phi) is 3.34. The monoisotopic (exact) mass is 272 g/mol. The van der Waals surface area contributed by atoms with Crippen LogP contribution < -0.4 is 0 Å². The van der Waals surface area contributed by atoms with E-state index in [0.29, 0.717) is 6.42 Å². The minimum Gasteiger partial charge on any atom is -0.338 e. The summed E-state index contributed by atoms with van der Waals surface area (Å²) in [5, 5.41) is 2.91. The molecule has 2 aromatic rings. The lowest BCUT2D eigenvalue weighted by Gasteiger charge is -2.28. The highest BCUT2D eigenvalue weighted by Crippen LogP contribution is 2.19. The van der Waals surface area contributed by atoms with Gasteiger partial charge in [-0.25, -0.2) is 4.98 Å². The molecule has 1 aliphatic heterocycles. The number of fused-ring (bicyclic) bond motifs is 1. The molecule has 0 N–H and O–H groups in total. The van der Waals surface area contributed by atoms with Gasteiger partial charge in [-0.05, 0) is 24.5 Å². The SMILES string of the molecule is Cc1csc(CC(=O)N2CCc3ccccc3C2)n1. The van der Waals surface area contributed by atoms with E-state index in [0.717, 1.165) is 30.2 Å². The predicted molar refractivity (Wildman–Crippen MR) is 76.1 cm³/mol. The third-order valence-corrected chi connectivity index (χ3v) is 4.42. The summed E-state index contributed by atoms with van der Waals surface area (Å²) in [6.07, 6.45) is 1.39. The third-order valence-electron chi connectivity index (χ3n) is 3.45. The first-order valence-electron chi connectivity index (χ1n) is 6.48. The number of carbonyl (C=O) groups is 1. The fourth-order valence-electron chi connectivity index (χ4n) is 2.43. The Labute approximate surface area is 116 Å². The van der Waals surface area contributed by atoms with Gasteiger partial charge in [0.15, 0.2) is 0 Å². The fourth-order valence-corrected chi connectivity index (χ4v) is 3.20. The number of carbonyl (C=O) groups excluding carboxylic acids is 1. The van der Waals surface area contributed by atoms with E-state index in [2.05, 4.69) is 23.2 Å². The van der Waals surface area contributed by atoms with E-state index in [1.54, 1.807) is 11.3 Å². The molecule has 3 rings (SSSR count). The maximum atomic E-state index is 12.3. The van der Waals surface area contributed by atoms with Crippen molar-refractivity contribution in [1.82, 2.24) is 9.88 Å². The van der Waals surface area contributed by atoms with Crippen LogP contribution in [0, 0.1) is 6.92 Å². The molecule has 0 bridgehead atoms. The van der Waals surface area contributed by atoms with E-state index < -0.39 is 0 Å². The summed E-state index contributed by atoms with van der Waals surface area (Å²) in [5.74, 6) is 0.184. The van der Waals surface area contributed by atoms with Crippen LogP contribution in [0.25, 0.3) is 0 Å². The first-order valence-corrected chi connectivity index (χ1v) is 7.36. The van der Waals surface area contributed by atoms with Gasteiger partial charge in [0.2, 0.25) is 5.91 Å². The van der Waals surface area contributed by atoms with Gasteiger partial charge in [0.1, 0.15) is 5.01 Å². The zero-order chi connectivity index (χ0) is 13.2. The largest absolute Gasteiger partial charge is 0.338 e. The van der Waals surface area contributed by atoms with E-state index in [1.165, 1.54) is 11.1 Å². The summed E-state index contributed by atoms with van der Waals surface area (Å²) in [7, 11) is 0. The molecule has 0 spiro atoms. The molecule has 2 heterocycles. The number of benzene rings is 1. The minimum atomic E-state index is 0.184. The Morgan fingerprint density at radius 2 is 2.16 bits per heavy atom. The topological polar surface area (TPSA) is 33.2 Å². The Balaban J connectivity index is 1.69. The normalized spacial score (nSPS) is 14.3. The van der Waals surface area contributed by atoms with Gasteiger partial charge in [-0.2, -0.15) is 0 Å². The van der Waals surface area contributed by atoms with Crippen LogP contribution in [0.15, 0.2) is 29.6 Å². The molecule has 0 saturated heterocycles. The highest BCUT2D eigenvalue weighted by molar-refractivity contribution is 7.09. The van der Waals surface area contributed by atoms with Crippen LogP contribution in [0.1, 0.15) is 21.8 Å². The van der Waals surface area contributed by atoms with Crippen molar-refractivity contribution in [2.45, 2.75) is 26.3 Å². The molecule has 3 nitrogen and oxygen atoms in total. The third kappa shape index (κ3) is 2.68. The average molecular weight is 272 g/mol. The lowest BCUT2D eigenvalue weighted by Crippen LogP contribution is -2.36. The number of hydrogen-bond donors (Lipinski definition) is 0. The van der Waals surface area contributed by atoms with Crippen LogP contribution in [0.3, 0.4) is 0 Å². The van der Waals surface area contributed by atoms with E-state index in [1.807, 2.05) is 23.3 Å². The molecular weight excluding hydrogens is 256 g/mol. The number of aryl methyl sites for hydroxylation is 1. The summed E-state index contributed by atoms with van der Waals surface area (Å²) in [6, 6.07) is 8.37. The van der Waals surface area contributed by atoms with Gasteiger partial charge in [0, 0.05) is 24.2 Å². The first kappa shape index (κ1) is 12.4. The fraction of sp³-hybridized carbons (Fsp3) is 0.333. The number of rotatable bonds is 2. The molecule has 0 saturated carbocycles. The van der Waals surface area contributed by atoms with Crippen molar-refractivity contribution in [3.63, 3.8) is 0 Å². The van der Waals surface area contributed by atoms with Crippen LogP contribution in [0.5, 0.6) is 0 Å². The van der Waals surface area contributed by atoms with Gasteiger partial charge in [0.25, 0.3) is 0 Å². The van der Waals surface area contributed by atoms with Crippen molar-refractivity contribution in [2.24, 2.45) is 0 Å². The molecular formula is C15H16N2OS. The molecule has 98 valence electrons. The Morgan fingerprint density at radius 3 is 2.89 bits per heavy atom. The molecule has 0 atom stereocenters. The molecule has 19 heavy (non-hydrogen) atoms. The quantitative estimate of drug-likeness (QED) is 0.842. The van der Waals surface area contributed by atoms with Gasteiger partial charge in [0.05, 0.1) is 6.42 Å². The van der Waals surface area contributed by atoms with Gasteiger partial charge in [-0.15, -0.1) is 11.3 Å². The lowest BCUT2D eigenvalue weighted by atomic mass is 10.00. The molecule has 0 radical (unpaired) electrons. The van der Waals surface area contributed by atoms with Crippen LogP contribution >= 0.6 is 11.3 Å². The van der Waals surface area contributed by atoms with Crippen LogP contribution in [-0.4, -0.2) is 22.3 Å². The van der Waals surface area contributed by atoms with Crippen LogP contribution in [0.4, 0.5) is 0 Å². The maximum absolute atomic E-state index is 12.3. The smallest absolute Gasteiger partial charge is 0.229 e. The number of thiazole rings is 1. The summed E-state index contributed by atoms with van der Waals surface area (Å²) in [5.41, 5.74) is 3.64. The molecule has 1 aliphatic rings. The molecule has 0 unspecified atom stereocenters. The van der Waals surface area contributed by atoms with Gasteiger partial charge >= 0.3 is 0 Å². The highest BCUT2D eigenvalue weighted by atomic mass is 32.1. The minimum absolute atomic E-state index is 0.184. The van der Waals surface area contributed by atoms with Crippen molar-refractivity contribution in [2.75, 3.05) is 6.54 Å². The van der Waals surface area contributed by atoms with Gasteiger partial charge in [-0.3, -0.25) is 4.79 Å². The van der Waals surface area contributed by atoms with E-state index in [4.69, 9.17) is 0 Å². The maximum Gasteiger partial charge on any atom is 0.229 e. The summed E-state index contributed by atoms with van der Waals surface area (Å²) >= 11 is 1.57. The predicted octanol–water partition coefficient (Wildman–Crippen LogP) is 2.58.